The van der Waals surface area contributed by atoms with E-state index in [0.717, 1.165) is 37.5 Å². The van der Waals surface area contributed by atoms with Crippen molar-refractivity contribution >= 4 is 15.9 Å². The van der Waals surface area contributed by atoms with Crippen molar-refractivity contribution in [1.29, 1.82) is 0 Å². The molecule has 1 aromatic carbocycles. The van der Waals surface area contributed by atoms with E-state index in [2.05, 4.69) is 22.0 Å². The molecule has 0 saturated carbocycles. The predicted molar refractivity (Wildman–Crippen MR) is 103 cm³/mol. The summed E-state index contributed by atoms with van der Waals surface area (Å²) in [5.74, 6) is 1.37. The average Bonchev–Trinajstić information content (AvgIpc) is 2.97. The number of hydrogen-bond donors (Lipinski definition) is 0. The van der Waals surface area contributed by atoms with Gasteiger partial charge in [0.15, 0.2) is 9.84 Å². The summed E-state index contributed by atoms with van der Waals surface area (Å²) in [6.45, 7) is 3.97. The molecule has 2 aliphatic rings. The smallest absolute Gasteiger partial charge is 0.153 e. The van der Waals surface area contributed by atoms with Crippen LogP contribution in [0.25, 0.3) is 6.08 Å². The zero-order valence-electron chi connectivity index (χ0n) is 15.5. The van der Waals surface area contributed by atoms with E-state index in [9.17, 15) is 8.42 Å². The molecule has 144 valence electrons. The first-order valence-corrected chi connectivity index (χ1v) is 10.8. The number of methoxy groups -OCH3 is 2. The molecule has 0 aromatic heterocycles. The topological polar surface area (TPSA) is 59.1 Å². The van der Waals surface area contributed by atoms with Gasteiger partial charge >= 0.3 is 0 Å². The van der Waals surface area contributed by atoms with Gasteiger partial charge in [0.2, 0.25) is 0 Å². The van der Waals surface area contributed by atoms with Gasteiger partial charge in [-0.25, -0.2) is 8.42 Å². The Morgan fingerprint density at radius 3 is 2.38 bits per heavy atom. The second-order valence-electron chi connectivity index (χ2n) is 6.91. The molecular formula is C19H28N2O4S. The van der Waals surface area contributed by atoms with E-state index in [1.165, 1.54) is 0 Å². The number of piperazine rings is 1. The van der Waals surface area contributed by atoms with Crippen molar-refractivity contribution in [2.24, 2.45) is 0 Å². The molecule has 2 aliphatic heterocycles. The fraction of sp³-hybridized carbons (Fsp3) is 0.579. The fourth-order valence-corrected chi connectivity index (χ4v) is 5.89. The molecular weight excluding hydrogens is 352 g/mol. The molecule has 2 atom stereocenters. The van der Waals surface area contributed by atoms with Crippen LogP contribution >= 0.6 is 0 Å². The molecule has 3 rings (SSSR count). The number of sulfone groups is 1. The lowest BCUT2D eigenvalue weighted by Crippen LogP contribution is -2.59. The average molecular weight is 381 g/mol. The SMILES string of the molecule is COCCN1CCN(CC=Cc2ccc(OC)cc2)[C@H]2CS(=O)(=O)C[C@H]21. The van der Waals surface area contributed by atoms with Gasteiger partial charge in [0.05, 0.1) is 25.2 Å². The van der Waals surface area contributed by atoms with E-state index in [1.807, 2.05) is 24.3 Å². The Balaban J connectivity index is 1.63. The van der Waals surface area contributed by atoms with Crippen LogP contribution in [-0.2, 0) is 14.6 Å². The summed E-state index contributed by atoms with van der Waals surface area (Å²) >= 11 is 0. The number of benzene rings is 1. The molecule has 0 amide bonds. The first-order valence-electron chi connectivity index (χ1n) is 9.00. The van der Waals surface area contributed by atoms with Crippen LogP contribution in [0.3, 0.4) is 0 Å². The molecule has 0 spiro atoms. The van der Waals surface area contributed by atoms with Crippen LogP contribution in [-0.4, -0.2) is 88.8 Å². The number of fused-ring (bicyclic) bond motifs is 1. The normalized spacial score (nSPS) is 26.2. The maximum absolute atomic E-state index is 12.2. The highest BCUT2D eigenvalue weighted by molar-refractivity contribution is 7.91. The molecule has 26 heavy (non-hydrogen) atoms. The first kappa shape index (κ1) is 19.4. The Hall–Kier alpha value is -1.41. The second-order valence-corrected chi connectivity index (χ2v) is 9.06. The number of nitrogens with zero attached hydrogens (tertiary/aromatic N) is 2. The lowest BCUT2D eigenvalue weighted by atomic mass is 10.0. The molecule has 0 radical (unpaired) electrons. The van der Waals surface area contributed by atoms with E-state index in [1.54, 1.807) is 14.2 Å². The van der Waals surface area contributed by atoms with Crippen LogP contribution in [0.5, 0.6) is 5.75 Å². The highest BCUT2D eigenvalue weighted by Crippen LogP contribution is 2.26. The van der Waals surface area contributed by atoms with E-state index in [4.69, 9.17) is 9.47 Å². The Labute approximate surface area is 156 Å². The van der Waals surface area contributed by atoms with Gasteiger partial charge in [-0.15, -0.1) is 0 Å². The van der Waals surface area contributed by atoms with Crippen LogP contribution in [0, 0.1) is 0 Å². The fourth-order valence-electron chi connectivity index (χ4n) is 3.85. The van der Waals surface area contributed by atoms with Crippen molar-refractivity contribution in [3.8, 4) is 5.75 Å². The third-order valence-corrected chi connectivity index (χ3v) is 6.95. The minimum atomic E-state index is -2.97. The van der Waals surface area contributed by atoms with Gasteiger partial charge in [-0.1, -0.05) is 24.3 Å². The molecule has 1 aromatic rings. The molecule has 2 heterocycles. The highest BCUT2D eigenvalue weighted by atomic mass is 32.2. The summed E-state index contributed by atoms with van der Waals surface area (Å²) < 4.78 is 34.8. The van der Waals surface area contributed by atoms with Gasteiger partial charge in [0, 0.05) is 45.4 Å². The molecule has 0 aliphatic carbocycles. The Bertz CT molecular complexity index is 718. The standard InChI is InChI=1S/C19H28N2O4S/c1-24-13-12-21-11-10-20(18-14-26(22,23)15-19(18)21)9-3-4-16-5-7-17(25-2)8-6-16/h3-8,18-19H,9-15H2,1-2H3/t18-,19+/m0/s1. The van der Waals surface area contributed by atoms with Crippen LogP contribution in [0.2, 0.25) is 0 Å². The van der Waals surface area contributed by atoms with Crippen LogP contribution in [0.15, 0.2) is 30.3 Å². The number of hydrogen-bond acceptors (Lipinski definition) is 6. The zero-order chi connectivity index (χ0) is 18.6. The molecule has 2 saturated heterocycles. The highest BCUT2D eigenvalue weighted by Gasteiger charge is 2.45. The van der Waals surface area contributed by atoms with Gasteiger partial charge < -0.3 is 9.47 Å². The first-order chi connectivity index (χ1) is 12.5. The quantitative estimate of drug-likeness (QED) is 0.707. The maximum atomic E-state index is 12.2. The maximum Gasteiger partial charge on any atom is 0.153 e. The predicted octanol–water partition coefficient (Wildman–Crippen LogP) is 1.14. The third-order valence-electron chi connectivity index (χ3n) is 5.25. The summed E-state index contributed by atoms with van der Waals surface area (Å²) in [4.78, 5) is 4.58. The number of rotatable bonds is 7. The summed E-state index contributed by atoms with van der Waals surface area (Å²) in [5.41, 5.74) is 1.11. The van der Waals surface area contributed by atoms with Crippen LogP contribution in [0.1, 0.15) is 5.56 Å². The van der Waals surface area contributed by atoms with Crippen LogP contribution < -0.4 is 4.74 Å². The molecule has 0 unspecified atom stereocenters. The van der Waals surface area contributed by atoms with Gasteiger partial charge in [0.25, 0.3) is 0 Å². The van der Waals surface area contributed by atoms with E-state index >= 15 is 0 Å². The lowest BCUT2D eigenvalue weighted by molar-refractivity contribution is 0.0354. The summed E-state index contributed by atoms with van der Waals surface area (Å²) in [6.07, 6.45) is 4.20. The van der Waals surface area contributed by atoms with Crippen LogP contribution in [0.4, 0.5) is 0 Å². The van der Waals surface area contributed by atoms with Crippen molar-refractivity contribution in [2.45, 2.75) is 12.1 Å². The third kappa shape index (κ3) is 4.65. The number of ether oxygens (including phenoxy) is 2. The molecule has 6 nitrogen and oxygen atoms in total. The van der Waals surface area contributed by atoms with Crippen molar-refractivity contribution in [3.05, 3.63) is 35.9 Å². The summed E-state index contributed by atoms with van der Waals surface area (Å²) in [5, 5.41) is 0. The van der Waals surface area contributed by atoms with Gasteiger partial charge in [-0.05, 0) is 17.7 Å². The molecule has 0 N–H and O–H groups in total. The molecule has 2 fully saturated rings. The van der Waals surface area contributed by atoms with Crippen molar-refractivity contribution in [3.63, 3.8) is 0 Å². The van der Waals surface area contributed by atoms with Crippen molar-refractivity contribution < 1.29 is 17.9 Å². The van der Waals surface area contributed by atoms with Crippen molar-refractivity contribution in [1.82, 2.24) is 9.80 Å². The minimum absolute atomic E-state index is 0.0751. The largest absolute Gasteiger partial charge is 0.497 e. The van der Waals surface area contributed by atoms with Crippen molar-refractivity contribution in [2.75, 3.05) is 58.5 Å². The summed E-state index contributed by atoms with van der Waals surface area (Å²) in [6, 6.07) is 8.06. The van der Waals surface area contributed by atoms with E-state index in [-0.39, 0.29) is 23.6 Å². The minimum Gasteiger partial charge on any atom is -0.497 e. The van der Waals surface area contributed by atoms with Gasteiger partial charge in [-0.3, -0.25) is 9.80 Å². The summed E-state index contributed by atoms with van der Waals surface area (Å²) in [7, 11) is 0.373. The molecule has 7 heteroatoms. The Morgan fingerprint density at radius 2 is 1.73 bits per heavy atom. The van der Waals surface area contributed by atoms with E-state index < -0.39 is 9.84 Å². The monoisotopic (exact) mass is 380 g/mol. The zero-order valence-corrected chi connectivity index (χ0v) is 16.3. The molecule has 0 bridgehead atoms. The van der Waals surface area contributed by atoms with Gasteiger partial charge in [0.1, 0.15) is 5.75 Å². The van der Waals surface area contributed by atoms with E-state index in [0.29, 0.717) is 6.61 Å². The second kappa shape index (κ2) is 8.52. The van der Waals surface area contributed by atoms with Gasteiger partial charge in [-0.2, -0.15) is 0 Å². The Kier molecular flexibility index (Phi) is 6.34. The Morgan fingerprint density at radius 1 is 1.08 bits per heavy atom. The lowest BCUT2D eigenvalue weighted by Gasteiger charge is -2.43.